The van der Waals surface area contributed by atoms with E-state index in [2.05, 4.69) is 20.5 Å². The zero-order valence-electron chi connectivity index (χ0n) is 15.0. The van der Waals surface area contributed by atoms with Crippen LogP contribution in [0.2, 0.25) is 5.02 Å². The first-order valence-corrected chi connectivity index (χ1v) is 9.97. The van der Waals surface area contributed by atoms with Gasteiger partial charge in [0, 0.05) is 23.6 Å². The Kier molecular flexibility index (Phi) is 5.31. The summed E-state index contributed by atoms with van der Waals surface area (Å²) in [6, 6.07) is 11.4. The van der Waals surface area contributed by atoms with Crippen LogP contribution in [-0.4, -0.2) is 35.8 Å². The minimum absolute atomic E-state index is 0.102. The number of aromatic nitrogens is 5. The first-order valence-electron chi connectivity index (χ1n) is 8.60. The van der Waals surface area contributed by atoms with E-state index in [1.54, 1.807) is 6.20 Å². The lowest BCUT2D eigenvalue weighted by Gasteiger charge is -2.11. The minimum Gasteiger partial charge on any atom is -0.348 e. The Hall–Kier alpha value is -2.84. The van der Waals surface area contributed by atoms with E-state index in [0.717, 1.165) is 22.1 Å². The number of amides is 1. The lowest BCUT2D eigenvalue weighted by Crippen LogP contribution is -2.25. The fraction of sp³-hybridized carbons (Fsp3) is 0.158. The maximum absolute atomic E-state index is 12.3. The molecule has 0 bridgehead atoms. The number of carbonyl (C=O) groups is 1. The number of nitrogens with zero attached hydrogens (tertiary/aromatic N) is 5. The highest BCUT2D eigenvalue weighted by atomic mass is 35.5. The Morgan fingerprint density at radius 2 is 2.07 bits per heavy atom. The van der Waals surface area contributed by atoms with Crippen LogP contribution in [0.3, 0.4) is 0 Å². The Bertz CT molecular complexity index is 1140. The van der Waals surface area contributed by atoms with Gasteiger partial charge in [0.2, 0.25) is 5.91 Å². The predicted octanol–water partition coefficient (Wildman–Crippen LogP) is 3.29. The number of halogens is 1. The van der Waals surface area contributed by atoms with Crippen molar-refractivity contribution < 1.29 is 4.79 Å². The van der Waals surface area contributed by atoms with Gasteiger partial charge in [-0.3, -0.25) is 13.8 Å². The molecule has 0 radical (unpaired) electrons. The predicted molar refractivity (Wildman–Crippen MR) is 109 cm³/mol. The Morgan fingerprint density at radius 3 is 2.96 bits per heavy atom. The van der Waals surface area contributed by atoms with Crippen molar-refractivity contribution in [3.63, 3.8) is 0 Å². The van der Waals surface area contributed by atoms with Crippen LogP contribution >= 0.6 is 23.4 Å². The Balaban J connectivity index is 1.39. The van der Waals surface area contributed by atoms with Gasteiger partial charge in [0.25, 0.3) is 0 Å². The molecule has 0 saturated carbocycles. The highest BCUT2D eigenvalue weighted by Gasteiger charge is 2.12. The van der Waals surface area contributed by atoms with Crippen LogP contribution in [0.4, 0.5) is 0 Å². The zero-order chi connectivity index (χ0) is 19.5. The fourth-order valence-corrected chi connectivity index (χ4v) is 3.77. The topological polar surface area (TPSA) is 77.1 Å². The highest BCUT2D eigenvalue weighted by molar-refractivity contribution is 7.99. The van der Waals surface area contributed by atoms with Gasteiger partial charge in [-0.15, -0.1) is 10.2 Å². The van der Waals surface area contributed by atoms with Gasteiger partial charge < -0.3 is 5.32 Å². The summed E-state index contributed by atoms with van der Waals surface area (Å²) in [5.74, 6) is 0.827. The molecule has 3 aromatic heterocycles. The van der Waals surface area contributed by atoms with E-state index in [0.29, 0.717) is 17.4 Å². The zero-order valence-corrected chi connectivity index (χ0v) is 16.6. The molecular weight excluding hydrogens is 396 g/mol. The van der Waals surface area contributed by atoms with E-state index in [4.69, 9.17) is 11.6 Å². The molecule has 4 rings (SSSR count). The summed E-state index contributed by atoms with van der Waals surface area (Å²) in [6.45, 7) is 2.27. The van der Waals surface area contributed by atoms with Crippen LogP contribution in [0.5, 0.6) is 0 Å². The van der Waals surface area contributed by atoms with E-state index < -0.39 is 0 Å². The summed E-state index contributed by atoms with van der Waals surface area (Å²) in [7, 11) is 0. The third-order valence-electron chi connectivity index (χ3n) is 4.27. The minimum atomic E-state index is -0.102. The third-order valence-corrected chi connectivity index (χ3v) is 5.64. The van der Waals surface area contributed by atoms with Crippen LogP contribution in [0, 0.1) is 6.92 Å². The van der Waals surface area contributed by atoms with Crippen LogP contribution < -0.4 is 5.32 Å². The van der Waals surface area contributed by atoms with Crippen molar-refractivity contribution in [3.05, 3.63) is 71.4 Å². The number of rotatable bonds is 6. The van der Waals surface area contributed by atoms with Crippen molar-refractivity contribution in [2.24, 2.45) is 0 Å². The Labute approximate surface area is 170 Å². The molecule has 3 heterocycles. The smallest absolute Gasteiger partial charge is 0.230 e. The van der Waals surface area contributed by atoms with Gasteiger partial charge in [-0.25, -0.2) is 4.98 Å². The second-order valence-corrected chi connectivity index (χ2v) is 7.42. The largest absolute Gasteiger partial charge is 0.348 e. The van der Waals surface area contributed by atoms with E-state index >= 15 is 0 Å². The van der Waals surface area contributed by atoms with E-state index in [9.17, 15) is 4.79 Å². The first kappa shape index (κ1) is 18.5. The second-order valence-electron chi connectivity index (χ2n) is 6.07. The van der Waals surface area contributed by atoms with Crippen molar-refractivity contribution in [1.29, 1.82) is 0 Å². The number of carbonyl (C=O) groups excluding carboxylic acids is 1. The lowest BCUT2D eigenvalue weighted by atomic mass is 10.2. The van der Waals surface area contributed by atoms with E-state index in [1.165, 1.54) is 11.8 Å². The molecule has 0 saturated heterocycles. The SMILES string of the molecule is Cc1c(Cl)cccc1-n1ccnc1SCC(=O)NCc1nnc2ccccn12. The molecule has 28 heavy (non-hydrogen) atoms. The summed E-state index contributed by atoms with van der Waals surface area (Å²) in [4.78, 5) is 16.7. The van der Waals surface area contributed by atoms with Gasteiger partial charge >= 0.3 is 0 Å². The average Bonchev–Trinajstić information content (AvgIpc) is 3.34. The van der Waals surface area contributed by atoms with Crippen molar-refractivity contribution in [1.82, 2.24) is 29.5 Å². The number of hydrogen-bond donors (Lipinski definition) is 1. The summed E-state index contributed by atoms with van der Waals surface area (Å²) in [5, 5.41) is 12.5. The van der Waals surface area contributed by atoms with Gasteiger partial charge in [0.1, 0.15) is 0 Å². The molecule has 9 heteroatoms. The Morgan fingerprint density at radius 1 is 1.18 bits per heavy atom. The molecule has 0 unspecified atom stereocenters. The molecular formula is C19H17ClN6OS. The fourth-order valence-electron chi connectivity index (χ4n) is 2.81. The molecule has 0 fully saturated rings. The lowest BCUT2D eigenvalue weighted by molar-refractivity contribution is -0.118. The number of imidazole rings is 1. The number of benzene rings is 1. The molecule has 0 aliphatic rings. The number of nitrogens with one attached hydrogen (secondary N) is 1. The van der Waals surface area contributed by atoms with Gasteiger partial charge in [0.15, 0.2) is 16.6 Å². The number of hydrogen-bond acceptors (Lipinski definition) is 5. The molecule has 4 aromatic rings. The van der Waals surface area contributed by atoms with Gasteiger partial charge in [0.05, 0.1) is 18.0 Å². The number of thioether (sulfide) groups is 1. The van der Waals surface area contributed by atoms with Crippen molar-refractivity contribution in [3.8, 4) is 5.69 Å². The van der Waals surface area contributed by atoms with Gasteiger partial charge in [-0.1, -0.05) is 35.5 Å². The second kappa shape index (κ2) is 8.04. The molecule has 0 aliphatic heterocycles. The van der Waals surface area contributed by atoms with Crippen molar-refractivity contribution >= 4 is 34.9 Å². The average molecular weight is 413 g/mol. The molecule has 0 spiro atoms. The number of fused-ring (bicyclic) bond motifs is 1. The van der Waals surface area contributed by atoms with Crippen molar-refractivity contribution in [2.75, 3.05) is 5.75 Å². The highest BCUT2D eigenvalue weighted by Crippen LogP contribution is 2.26. The van der Waals surface area contributed by atoms with Crippen LogP contribution in [0.1, 0.15) is 11.4 Å². The molecule has 0 aliphatic carbocycles. The molecule has 1 aromatic carbocycles. The van der Waals surface area contributed by atoms with E-state index in [1.807, 2.05) is 64.7 Å². The van der Waals surface area contributed by atoms with Crippen LogP contribution in [0.25, 0.3) is 11.3 Å². The van der Waals surface area contributed by atoms with Crippen molar-refractivity contribution in [2.45, 2.75) is 18.6 Å². The molecule has 142 valence electrons. The van der Waals surface area contributed by atoms with Gasteiger partial charge in [-0.05, 0) is 36.8 Å². The first-order chi connectivity index (χ1) is 13.6. The summed E-state index contributed by atoms with van der Waals surface area (Å²) in [6.07, 6.45) is 5.44. The monoisotopic (exact) mass is 412 g/mol. The van der Waals surface area contributed by atoms with Crippen LogP contribution in [-0.2, 0) is 11.3 Å². The van der Waals surface area contributed by atoms with E-state index in [-0.39, 0.29) is 11.7 Å². The number of pyridine rings is 1. The molecule has 0 atom stereocenters. The quantitative estimate of drug-likeness (QED) is 0.492. The maximum Gasteiger partial charge on any atom is 0.230 e. The third kappa shape index (κ3) is 3.74. The van der Waals surface area contributed by atoms with Crippen LogP contribution in [0.15, 0.2) is 60.1 Å². The summed E-state index contributed by atoms with van der Waals surface area (Å²) in [5.41, 5.74) is 2.66. The maximum atomic E-state index is 12.3. The molecule has 1 N–H and O–H groups in total. The summed E-state index contributed by atoms with van der Waals surface area (Å²) < 4.78 is 3.78. The summed E-state index contributed by atoms with van der Waals surface area (Å²) >= 11 is 7.59. The molecule has 7 nitrogen and oxygen atoms in total. The standard InChI is InChI=1S/C19H17ClN6OS/c1-13-14(20)5-4-6-15(13)25-10-8-21-19(25)28-12-18(27)22-11-17-24-23-16-7-2-3-9-26(16)17/h2-10H,11-12H2,1H3,(H,22,27). The van der Waals surface area contributed by atoms with Gasteiger partial charge in [-0.2, -0.15) is 0 Å². The normalized spacial score (nSPS) is 11.1. The molecule has 1 amide bonds.